The molecule has 3 aliphatic rings. The van der Waals surface area contributed by atoms with Crippen molar-refractivity contribution in [3.63, 3.8) is 0 Å². The minimum absolute atomic E-state index is 0.160. The van der Waals surface area contributed by atoms with Crippen molar-refractivity contribution in [2.45, 2.75) is 31.7 Å². The van der Waals surface area contributed by atoms with Crippen molar-refractivity contribution in [2.24, 2.45) is 11.8 Å². The Bertz CT molecular complexity index is 1190. The second-order valence-electron chi connectivity index (χ2n) is 8.67. The maximum Gasteiger partial charge on any atom is 0.343 e. The summed E-state index contributed by atoms with van der Waals surface area (Å²) in [6.45, 7) is 0. The number of esters is 1. The highest BCUT2D eigenvalue weighted by molar-refractivity contribution is 6.31. The van der Waals surface area contributed by atoms with Crippen LogP contribution in [0.5, 0.6) is 5.75 Å². The van der Waals surface area contributed by atoms with Gasteiger partial charge in [0, 0.05) is 16.6 Å². The first-order valence-electron chi connectivity index (χ1n) is 10.9. The number of nitrogens with one attached hydrogen (secondary N) is 1. The molecule has 1 saturated heterocycles. The lowest BCUT2D eigenvalue weighted by atomic mass is 9.93. The molecule has 2 saturated carbocycles. The van der Waals surface area contributed by atoms with Crippen LogP contribution in [0, 0.1) is 11.8 Å². The number of imide groups is 2. The SMILES string of the molecule is O=C1NC(=O)N([C@@H]2C[C@H]3CC[C@H]2C3)C(=O)/C1=C\c1ccccc1OC(=O)c1ccc(Cl)cc1. The van der Waals surface area contributed by atoms with Crippen molar-refractivity contribution in [1.29, 1.82) is 0 Å². The molecule has 0 spiro atoms. The van der Waals surface area contributed by atoms with Gasteiger partial charge in [-0.3, -0.25) is 19.8 Å². The van der Waals surface area contributed by atoms with E-state index in [-0.39, 0.29) is 23.3 Å². The molecular weight excluding hydrogens is 444 g/mol. The van der Waals surface area contributed by atoms with Gasteiger partial charge >= 0.3 is 12.0 Å². The predicted molar refractivity (Wildman–Crippen MR) is 120 cm³/mol. The number of carbonyl (C=O) groups excluding carboxylic acids is 4. The first-order valence-corrected chi connectivity index (χ1v) is 11.3. The summed E-state index contributed by atoms with van der Waals surface area (Å²) in [4.78, 5) is 52.1. The fourth-order valence-electron chi connectivity index (χ4n) is 5.09. The Balaban J connectivity index is 1.43. The highest BCUT2D eigenvalue weighted by Crippen LogP contribution is 2.47. The molecule has 1 N–H and O–H groups in total. The number of nitrogens with zero attached hydrogens (tertiary/aromatic N) is 1. The molecule has 33 heavy (non-hydrogen) atoms. The summed E-state index contributed by atoms with van der Waals surface area (Å²) in [5, 5.41) is 2.79. The van der Waals surface area contributed by atoms with Crippen LogP contribution in [0.2, 0.25) is 5.02 Å². The van der Waals surface area contributed by atoms with Crippen molar-refractivity contribution in [1.82, 2.24) is 10.2 Å². The Kier molecular flexibility index (Phi) is 5.50. The third kappa shape index (κ3) is 4.04. The van der Waals surface area contributed by atoms with Crippen LogP contribution in [0.3, 0.4) is 0 Å². The van der Waals surface area contributed by atoms with Gasteiger partial charge in [-0.25, -0.2) is 9.59 Å². The van der Waals surface area contributed by atoms with Crippen LogP contribution in [-0.4, -0.2) is 34.8 Å². The van der Waals surface area contributed by atoms with E-state index >= 15 is 0 Å². The molecule has 2 aliphatic carbocycles. The molecule has 5 rings (SSSR count). The summed E-state index contributed by atoms with van der Waals surface area (Å²) in [5.74, 6) is -0.974. The number of rotatable bonds is 4. The molecule has 7 nitrogen and oxygen atoms in total. The largest absolute Gasteiger partial charge is 0.422 e. The molecule has 3 atom stereocenters. The van der Waals surface area contributed by atoms with Crippen LogP contribution >= 0.6 is 11.6 Å². The van der Waals surface area contributed by atoms with Crippen molar-refractivity contribution >= 4 is 41.5 Å². The second kappa shape index (κ2) is 8.48. The van der Waals surface area contributed by atoms with E-state index in [1.165, 1.54) is 11.0 Å². The molecule has 2 bridgehead atoms. The van der Waals surface area contributed by atoms with Crippen molar-refractivity contribution in [2.75, 3.05) is 0 Å². The number of halogens is 1. The summed E-state index contributed by atoms with van der Waals surface area (Å²) in [6.07, 6.45) is 5.27. The average molecular weight is 465 g/mol. The lowest BCUT2D eigenvalue weighted by molar-refractivity contribution is -0.132. The minimum Gasteiger partial charge on any atom is -0.422 e. The molecule has 0 unspecified atom stereocenters. The summed E-state index contributed by atoms with van der Waals surface area (Å²) >= 11 is 5.87. The van der Waals surface area contributed by atoms with Gasteiger partial charge in [0.05, 0.1) is 5.56 Å². The molecule has 1 aliphatic heterocycles. The highest BCUT2D eigenvalue weighted by Gasteiger charge is 2.49. The fraction of sp³-hybridized carbons (Fsp3) is 0.280. The number of carbonyl (C=O) groups is 4. The van der Waals surface area contributed by atoms with Crippen LogP contribution < -0.4 is 10.1 Å². The number of fused-ring (bicyclic) bond motifs is 2. The normalized spacial score (nSPS) is 25.5. The van der Waals surface area contributed by atoms with Gasteiger partial charge in [0.2, 0.25) is 0 Å². The van der Waals surface area contributed by atoms with Gasteiger partial charge in [-0.1, -0.05) is 36.2 Å². The maximum absolute atomic E-state index is 13.3. The van der Waals surface area contributed by atoms with Gasteiger partial charge in [-0.05, 0) is 67.5 Å². The van der Waals surface area contributed by atoms with Gasteiger partial charge in [0.15, 0.2) is 0 Å². The smallest absolute Gasteiger partial charge is 0.343 e. The van der Waals surface area contributed by atoms with Gasteiger partial charge in [0.25, 0.3) is 11.8 Å². The van der Waals surface area contributed by atoms with Gasteiger partial charge in [-0.15, -0.1) is 0 Å². The third-order valence-electron chi connectivity index (χ3n) is 6.67. The van der Waals surface area contributed by atoms with Gasteiger partial charge < -0.3 is 4.74 Å². The number of amides is 4. The molecule has 0 aromatic heterocycles. The molecule has 1 heterocycles. The summed E-state index contributed by atoms with van der Waals surface area (Å²) in [6, 6.07) is 12.0. The van der Waals surface area contributed by atoms with E-state index in [9.17, 15) is 19.2 Å². The Morgan fingerprint density at radius 2 is 1.79 bits per heavy atom. The molecule has 168 valence electrons. The molecule has 2 aromatic rings. The van der Waals surface area contributed by atoms with Gasteiger partial charge in [-0.2, -0.15) is 0 Å². The number of urea groups is 1. The van der Waals surface area contributed by atoms with E-state index in [1.807, 2.05) is 0 Å². The van der Waals surface area contributed by atoms with Crippen molar-refractivity contribution in [3.8, 4) is 5.75 Å². The summed E-state index contributed by atoms with van der Waals surface area (Å²) in [7, 11) is 0. The molecule has 8 heteroatoms. The van der Waals surface area contributed by atoms with Gasteiger partial charge in [0.1, 0.15) is 11.3 Å². The van der Waals surface area contributed by atoms with Crippen LogP contribution in [0.15, 0.2) is 54.1 Å². The average Bonchev–Trinajstić information content (AvgIpc) is 3.42. The summed E-state index contributed by atoms with van der Waals surface area (Å²) < 4.78 is 5.52. The van der Waals surface area contributed by atoms with E-state index < -0.39 is 23.8 Å². The number of benzene rings is 2. The number of para-hydroxylation sites is 1. The van der Waals surface area contributed by atoms with E-state index in [4.69, 9.17) is 16.3 Å². The zero-order chi connectivity index (χ0) is 23.1. The molecule has 0 radical (unpaired) electrons. The quantitative estimate of drug-likeness (QED) is 0.316. The van der Waals surface area contributed by atoms with E-state index in [1.54, 1.807) is 48.5 Å². The number of barbiturate groups is 1. The van der Waals surface area contributed by atoms with Crippen molar-refractivity contribution < 1.29 is 23.9 Å². The molecule has 2 aromatic carbocycles. The topological polar surface area (TPSA) is 92.8 Å². The molecule has 3 fully saturated rings. The van der Waals surface area contributed by atoms with E-state index in [2.05, 4.69) is 5.32 Å². The fourth-order valence-corrected chi connectivity index (χ4v) is 5.22. The van der Waals surface area contributed by atoms with Crippen LogP contribution in [0.25, 0.3) is 6.08 Å². The zero-order valence-electron chi connectivity index (χ0n) is 17.6. The van der Waals surface area contributed by atoms with E-state index in [0.29, 0.717) is 22.1 Å². The first kappa shape index (κ1) is 21.4. The highest BCUT2D eigenvalue weighted by atomic mass is 35.5. The lowest BCUT2D eigenvalue weighted by Gasteiger charge is -2.35. The molecule has 4 amide bonds. The van der Waals surface area contributed by atoms with Crippen LogP contribution in [0.4, 0.5) is 4.79 Å². The number of hydrogen-bond donors (Lipinski definition) is 1. The third-order valence-corrected chi connectivity index (χ3v) is 6.92. The predicted octanol–water partition coefficient (Wildman–Crippen LogP) is 4.21. The lowest BCUT2D eigenvalue weighted by Crippen LogP contribution is -2.58. The second-order valence-corrected chi connectivity index (χ2v) is 9.11. The minimum atomic E-state index is -0.761. The number of ether oxygens (including phenoxy) is 1. The standard InChI is InChI=1S/C25H21ClN2O5/c26-18-9-7-15(8-10-18)24(31)33-21-4-2-1-3-17(21)13-19-22(29)27-25(32)28(23(19)30)20-12-14-5-6-16(20)11-14/h1-4,7-10,13-14,16,20H,5-6,11-12H2,(H,27,29,32)/b19-13-/t14-,16-,20+/m0/s1. The summed E-state index contributed by atoms with van der Waals surface area (Å²) in [5.41, 5.74) is 0.523. The van der Waals surface area contributed by atoms with Crippen LogP contribution in [0.1, 0.15) is 41.6 Å². The maximum atomic E-state index is 13.3. The molecular formula is C25H21ClN2O5. The Morgan fingerprint density at radius 3 is 2.48 bits per heavy atom. The monoisotopic (exact) mass is 464 g/mol. The van der Waals surface area contributed by atoms with Crippen molar-refractivity contribution in [3.05, 3.63) is 70.3 Å². The Labute approximate surface area is 195 Å². The Hall–Kier alpha value is -3.45. The van der Waals surface area contributed by atoms with E-state index in [0.717, 1.165) is 25.7 Å². The Morgan fingerprint density at radius 1 is 1.03 bits per heavy atom. The zero-order valence-corrected chi connectivity index (χ0v) is 18.4. The first-order chi connectivity index (χ1) is 15.9. The number of hydrogen-bond acceptors (Lipinski definition) is 5. The van der Waals surface area contributed by atoms with Crippen LogP contribution in [-0.2, 0) is 9.59 Å².